The summed E-state index contributed by atoms with van der Waals surface area (Å²) in [5.74, 6) is 0.759. The number of hydrogen-bond donors (Lipinski definition) is 1. The van der Waals surface area contributed by atoms with Gasteiger partial charge in [-0.2, -0.15) is 0 Å². The molecule has 3 rings (SSSR count). The van der Waals surface area contributed by atoms with Crippen LogP contribution in [0.4, 0.5) is 4.79 Å². The first-order valence-electron chi connectivity index (χ1n) is 8.79. The first-order valence-corrected chi connectivity index (χ1v) is 8.79. The zero-order chi connectivity index (χ0) is 17.6. The number of nitrogens with one attached hydrogen (secondary N) is 1. The molecule has 1 aliphatic rings. The van der Waals surface area contributed by atoms with Crippen molar-refractivity contribution in [1.29, 1.82) is 0 Å². The number of aromatic nitrogens is 3. The second kappa shape index (κ2) is 8.11. The maximum absolute atomic E-state index is 12.4. The minimum Gasteiger partial charge on any atom is -0.328 e. The Hall–Kier alpha value is -2.41. The maximum atomic E-state index is 12.4. The van der Waals surface area contributed by atoms with E-state index in [9.17, 15) is 4.79 Å². The topological polar surface area (TPSA) is 66.3 Å². The van der Waals surface area contributed by atoms with E-state index in [1.807, 2.05) is 29.5 Å². The average Bonchev–Trinajstić information content (AvgIpc) is 3.07. The van der Waals surface area contributed by atoms with Crippen molar-refractivity contribution < 1.29 is 4.79 Å². The molecule has 25 heavy (non-hydrogen) atoms. The number of nitrogens with zero attached hydrogens (tertiary/aromatic N) is 5. The summed E-state index contributed by atoms with van der Waals surface area (Å²) in [5, 5.41) is 10.9. The lowest BCUT2D eigenvalue weighted by molar-refractivity contribution is 0.138. The summed E-state index contributed by atoms with van der Waals surface area (Å²) in [6, 6.07) is 10.3. The van der Waals surface area contributed by atoms with Gasteiger partial charge in [0.25, 0.3) is 0 Å². The number of urea groups is 1. The number of rotatable bonds is 5. The van der Waals surface area contributed by atoms with Gasteiger partial charge in [0.05, 0.1) is 6.04 Å². The van der Waals surface area contributed by atoms with Crippen LogP contribution in [0.3, 0.4) is 0 Å². The first-order chi connectivity index (χ1) is 12.1. The molecule has 1 fully saturated rings. The molecule has 7 nitrogen and oxygen atoms in total. The molecule has 2 heterocycles. The zero-order valence-electron chi connectivity index (χ0n) is 14.9. The van der Waals surface area contributed by atoms with Crippen LogP contribution in [0.5, 0.6) is 0 Å². The van der Waals surface area contributed by atoms with E-state index in [2.05, 4.69) is 44.7 Å². The summed E-state index contributed by atoms with van der Waals surface area (Å²) in [5.41, 5.74) is 1.36. The Morgan fingerprint density at radius 3 is 2.56 bits per heavy atom. The number of amides is 2. The van der Waals surface area contributed by atoms with E-state index in [-0.39, 0.29) is 12.1 Å². The lowest BCUT2D eigenvalue weighted by Crippen LogP contribution is -2.52. The van der Waals surface area contributed by atoms with Crippen molar-refractivity contribution in [2.75, 3.05) is 32.7 Å². The molecule has 1 aromatic carbocycles. The van der Waals surface area contributed by atoms with E-state index in [1.165, 1.54) is 5.56 Å². The average molecular weight is 342 g/mol. The Bertz CT molecular complexity index is 678. The van der Waals surface area contributed by atoms with Gasteiger partial charge in [-0.3, -0.25) is 4.90 Å². The highest BCUT2D eigenvalue weighted by Crippen LogP contribution is 2.10. The molecule has 2 amide bonds. The monoisotopic (exact) mass is 342 g/mol. The third-order valence-electron chi connectivity index (χ3n) is 4.69. The molecule has 1 aromatic heterocycles. The second-order valence-corrected chi connectivity index (χ2v) is 6.54. The van der Waals surface area contributed by atoms with Crippen molar-refractivity contribution in [2.24, 2.45) is 7.05 Å². The molecule has 0 aliphatic carbocycles. The molecule has 0 saturated carbocycles. The van der Waals surface area contributed by atoms with Crippen molar-refractivity contribution in [1.82, 2.24) is 29.9 Å². The van der Waals surface area contributed by atoms with Gasteiger partial charge in [0.1, 0.15) is 6.33 Å². The number of carbonyl (C=O) groups is 1. The molecule has 1 atom stereocenters. The predicted molar refractivity (Wildman–Crippen MR) is 96.1 cm³/mol. The highest BCUT2D eigenvalue weighted by Gasteiger charge is 2.23. The van der Waals surface area contributed by atoms with E-state index < -0.39 is 0 Å². The maximum Gasteiger partial charge on any atom is 0.318 e. The van der Waals surface area contributed by atoms with Crippen molar-refractivity contribution in [3.05, 3.63) is 48.0 Å². The van der Waals surface area contributed by atoms with Gasteiger partial charge in [-0.1, -0.05) is 30.3 Å². The number of hydrogen-bond acceptors (Lipinski definition) is 4. The predicted octanol–water partition coefficient (Wildman–Crippen LogP) is 1.45. The van der Waals surface area contributed by atoms with Crippen LogP contribution in [0, 0.1) is 0 Å². The largest absolute Gasteiger partial charge is 0.328 e. The van der Waals surface area contributed by atoms with E-state index >= 15 is 0 Å². The summed E-state index contributed by atoms with van der Waals surface area (Å²) in [7, 11) is 1.88. The van der Waals surface area contributed by atoms with Gasteiger partial charge in [-0.05, 0) is 18.9 Å². The minimum absolute atomic E-state index is 0.0294. The Labute approximate surface area is 148 Å². The molecular weight excluding hydrogens is 316 g/mol. The van der Waals surface area contributed by atoms with Crippen molar-refractivity contribution in [3.8, 4) is 0 Å². The summed E-state index contributed by atoms with van der Waals surface area (Å²) >= 11 is 0. The molecule has 0 radical (unpaired) electrons. The van der Waals surface area contributed by atoms with Gasteiger partial charge in [-0.15, -0.1) is 10.2 Å². The molecule has 0 spiro atoms. The van der Waals surface area contributed by atoms with Crippen molar-refractivity contribution in [2.45, 2.75) is 19.4 Å². The van der Waals surface area contributed by atoms with Gasteiger partial charge in [0, 0.05) is 39.8 Å². The molecule has 0 bridgehead atoms. The van der Waals surface area contributed by atoms with Crippen molar-refractivity contribution in [3.63, 3.8) is 0 Å². The summed E-state index contributed by atoms with van der Waals surface area (Å²) < 4.78 is 1.83. The SMILES string of the molecule is C[C@H](NC(=O)N1CCN(CCc2ccccc2)CC1)c1nncn1C. The highest BCUT2D eigenvalue weighted by molar-refractivity contribution is 5.74. The van der Waals surface area contributed by atoms with E-state index in [0.717, 1.165) is 45.0 Å². The van der Waals surface area contributed by atoms with Crippen molar-refractivity contribution >= 4 is 6.03 Å². The lowest BCUT2D eigenvalue weighted by Gasteiger charge is -2.35. The Kier molecular flexibility index (Phi) is 5.65. The van der Waals surface area contributed by atoms with Gasteiger partial charge in [0.15, 0.2) is 5.82 Å². The Balaban J connectivity index is 1.42. The molecule has 1 saturated heterocycles. The van der Waals surface area contributed by atoms with Crippen LogP contribution in [-0.4, -0.2) is 63.3 Å². The minimum atomic E-state index is -0.156. The van der Waals surface area contributed by atoms with E-state index in [4.69, 9.17) is 0 Å². The molecule has 7 heteroatoms. The van der Waals surface area contributed by atoms with Crippen LogP contribution >= 0.6 is 0 Å². The van der Waals surface area contributed by atoms with Gasteiger partial charge in [0.2, 0.25) is 0 Å². The third-order valence-corrected chi connectivity index (χ3v) is 4.69. The smallest absolute Gasteiger partial charge is 0.318 e. The van der Waals surface area contributed by atoms with Gasteiger partial charge >= 0.3 is 6.03 Å². The third kappa shape index (κ3) is 4.57. The van der Waals surface area contributed by atoms with Crippen LogP contribution in [0.15, 0.2) is 36.7 Å². The molecule has 134 valence electrons. The van der Waals surface area contributed by atoms with E-state index in [1.54, 1.807) is 6.33 Å². The quantitative estimate of drug-likeness (QED) is 0.893. The number of piperazine rings is 1. The van der Waals surface area contributed by atoms with E-state index in [0.29, 0.717) is 0 Å². The second-order valence-electron chi connectivity index (χ2n) is 6.54. The van der Waals surface area contributed by atoms with Crippen LogP contribution in [-0.2, 0) is 13.5 Å². The Morgan fingerprint density at radius 2 is 1.92 bits per heavy atom. The number of benzene rings is 1. The zero-order valence-corrected chi connectivity index (χ0v) is 14.9. The highest BCUT2D eigenvalue weighted by atomic mass is 16.2. The van der Waals surface area contributed by atoms with Crippen LogP contribution in [0.2, 0.25) is 0 Å². The first kappa shape index (κ1) is 17.4. The normalized spacial score (nSPS) is 16.6. The molecule has 2 aromatic rings. The fraction of sp³-hybridized carbons (Fsp3) is 0.500. The molecular formula is C18H26N6O. The summed E-state index contributed by atoms with van der Waals surface area (Å²) in [4.78, 5) is 16.7. The van der Waals surface area contributed by atoms with Crippen LogP contribution in [0.1, 0.15) is 24.4 Å². The number of aryl methyl sites for hydroxylation is 1. The fourth-order valence-electron chi connectivity index (χ4n) is 3.13. The lowest BCUT2D eigenvalue weighted by atomic mass is 10.1. The van der Waals surface area contributed by atoms with Crippen LogP contribution in [0.25, 0.3) is 0 Å². The standard InChI is InChI=1S/C18H26N6O/c1-15(17-21-19-14-22(17)2)20-18(25)24-12-10-23(11-13-24)9-8-16-6-4-3-5-7-16/h3-7,14-15H,8-13H2,1-2H3,(H,20,25)/t15-/m0/s1. The van der Waals surface area contributed by atoms with Gasteiger partial charge < -0.3 is 14.8 Å². The summed E-state index contributed by atoms with van der Waals surface area (Å²) in [6.07, 6.45) is 2.69. The number of carbonyl (C=O) groups excluding carboxylic acids is 1. The summed E-state index contributed by atoms with van der Waals surface area (Å²) in [6.45, 7) is 6.31. The molecule has 0 unspecified atom stereocenters. The van der Waals surface area contributed by atoms with Gasteiger partial charge in [-0.25, -0.2) is 4.79 Å². The molecule has 1 N–H and O–H groups in total. The fourth-order valence-corrected chi connectivity index (χ4v) is 3.13. The Morgan fingerprint density at radius 1 is 1.20 bits per heavy atom. The van der Waals surface area contributed by atoms with Crippen LogP contribution < -0.4 is 5.32 Å². The molecule has 1 aliphatic heterocycles.